The number of hydrogen-bond donors (Lipinski definition) is 0. The number of rotatable bonds is 6. The predicted molar refractivity (Wildman–Crippen MR) is 101 cm³/mol. The summed E-state index contributed by atoms with van der Waals surface area (Å²) in [5.74, 6) is 1.29. The highest BCUT2D eigenvalue weighted by Crippen LogP contribution is 2.26. The first-order chi connectivity index (χ1) is 12.3. The molecule has 3 rings (SSSR count). The lowest BCUT2D eigenvalue weighted by Crippen LogP contribution is -2.46. The van der Waals surface area contributed by atoms with Crippen LogP contribution in [0.2, 0.25) is 0 Å². The van der Waals surface area contributed by atoms with Gasteiger partial charge in [0, 0.05) is 39.1 Å². The minimum atomic E-state index is 0.336. The fourth-order valence-electron chi connectivity index (χ4n) is 4.15. The van der Waals surface area contributed by atoms with Gasteiger partial charge in [-0.2, -0.15) is 0 Å². The van der Waals surface area contributed by atoms with Gasteiger partial charge in [-0.25, -0.2) is 0 Å². The van der Waals surface area contributed by atoms with E-state index in [1.807, 2.05) is 6.07 Å². The topological polar surface area (TPSA) is 32.8 Å². The molecule has 0 N–H and O–H groups in total. The smallest absolute Gasteiger partial charge is 0.223 e. The molecule has 0 aromatic heterocycles. The van der Waals surface area contributed by atoms with Gasteiger partial charge < -0.3 is 9.64 Å². The molecular formula is C21H32N2O2. The molecule has 25 heavy (non-hydrogen) atoms. The van der Waals surface area contributed by atoms with E-state index in [-0.39, 0.29) is 0 Å². The molecule has 2 saturated heterocycles. The van der Waals surface area contributed by atoms with Gasteiger partial charge in [-0.1, -0.05) is 37.3 Å². The summed E-state index contributed by atoms with van der Waals surface area (Å²) in [4.78, 5) is 17.5. The molecule has 0 saturated carbocycles. The van der Waals surface area contributed by atoms with Crippen molar-refractivity contribution in [1.29, 1.82) is 0 Å². The van der Waals surface area contributed by atoms with Crippen LogP contribution in [0.25, 0.3) is 0 Å². The molecule has 2 atom stereocenters. The molecule has 138 valence electrons. The third-order valence-electron chi connectivity index (χ3n) is 5.68. The van der Waals surface area contributed by atoms with Crippen LogP contribution in [-0.2, 0) is 9.53 Å². The molecule has 1 aromatic rings. The van der Waals surface area contributed by atoms with Crippen LogP contribution in [0.4, 0.5) is 0 Å². The zero-order valence-corrected chi connectivity index (χ0v) is 15.5. The third kappa shape index (κ3) is 5.29. The molecular weight excluding hydrogens is 312 g/mol. The van der Waals surface area contributed by atoms with Crippen LogP contribution in [0.15, 0.2) is 30.3 Å². The summed E-state index contributed by atoms with van der Waals surface area (Å²) in [5.41, 5.74) is 1.29. The summed E-state index contributed by atoms with van der Waals surface area (Å²) in [6, 6.07) is 10.5. The Balaban J connectivity index is 1.52. The summed E-state index contributed by atoms with van der Waals surface area (Å²) in [6.07, 6.45) is 4.05. The Labute approximate surface area is 152 Å². The molecule has 2 aliphatic heterocycles. The maximum absolute atomic E-state index is 12.9. The van der Waals surface area contributed by atoms with Crippen molar-refractivity contribution in [3.8, 4) is 0 Å². The van der Waals surface area contributed by atoms with E-state index in [9.17, 15) is 4.79 Å². The zero-order valence-electron chi connectivity index (χ0n) is 15.5. The van der Waals surface area contributed by atoms with Gasteiger partial charge >= 0.3 is 0 Å². The highest BCUT2D eigenvalue weighted by molar-refractivity contribution is 5.77. The number of ether oxygens (including phenoxy) is 1. The average molecular weight is 344 g/mol. The number of likely N-dealkylation sites (tertiary alicyclic amines) is 1. The van der Waals surface area contributed by atoms with E-state index in [0.29, 0.717) is 24.2 Å². The fourth-order valence-corrected chi connectivity index (χ4v) is 4.15. The van der Waals surface area contributed by atoms with Crippen molar-refractivity contribution >= 4 is 5.91 Å². The van der Waals surface area contributed by atoms with Gasteiger partial charge in [-0.05, 0) is 36.7 Å². The quantitative estimate of drug-likeness (QED) is 0.795. The number of amides is 1. The molecule has 2 heterocycles. The largest absolute Gasteiger partial charge is 0.379 e. The highest BCUT2D eigenvalue weighted by atomic mass is 16.5. The molecule has 2 aliphatic rings. The highest BCUT2D eigenvalue weighted by Gasteiger charge is 2.27. The lowest BCUT2D eigenvalue weighted by Gasteiger charge is -2.37. The second-order valence-electron chi connectivity index (χ2n) is 7.48. The van der Waals surface area contributed by atoms with Crippen molar-refractivity contribution in [2.24, 2.45) is 5.92 Å². The monoisotopic (exact) mass is 344 g/mol. The zero-order chi connectivity index (χ0) is 17.5. The fraction of sp³-hybridized carbons (Fsp3) is 0.667. The lowest BCUT2D eigenvalue weighted by atomic mass is 9.91. The average Bonchev–Trinajstić information content (AvgIpc) is 2.67. The van der Waals surface area contributed by atoms with Crippen molar-refractivity contribution in [2.45, 2.75) is 38.5 Å². The van der Waals surface area contributed by atoms with Gasteiger partial charge in [0.05, 0.1) is 13.2 Å². The normalized spacial score (nSPS) is 23.4. The Hall–Kier alpha value is -1.39. The van der Waals surface area contributed by atoms with E-state index in [0.717, 1.165) is 58.8 Å². The molecule has 4 nitrogen and oxygen atoms in total. The SMILES string of the molecule is CCC(CC(=O)N1CCCC(CN2CCOCC2)C1)c1ccccc1. The number of morpholine rings is 1. The number of hydrogen-bond acceptors (Lipinski definition) is 3. The molecule has 1 aromatic carbocycles. The number of carbonyl (C=O) groups is 1. The van der Waals surface area contributed by atoms with Gasteiger partial charge in [-0.15, -0.1) is 0 Å². The molecule has 2 fully saturated rings. The maximum Gasteiger partial charge on any atom is 0.223 e. The van der Waals surface area contributed by atoms with Crippen LogP contribution in [0.5, 0.6) is 0 Å². The second-order valence-corrected chi connectivity index (χ2v) is 7.48. The summed E-state index contributed by atoms with van der Waals surface area (Å²) in [5, 5.41) is 0. The first-order valence-electron chi connectivity index (χ1n) is 9.89. The summed E-state index contributed by atoms with van der Waals surface area (Å²) in [6.45, 7) is 8.94. The van der Waals surface area contributed by atoms with Crippen LogP contribution in [0.3, 0.4) is 0 Å². The number of nitrogens with zero attached hydrogens (tertiary/aromatic N) is 2. The molecule has 0 spiro atoms. The van der Waals surface area contributed by atoms with Crippen LogP contribution in [0, 0.1) is 5.92 Å². The Morgan fingerprint density at radius 1 is 1.20 bits per heavy atom. The van der Waals surface area contributed by atoms with E-state index in [1.165, 1.54) is 12.0 Å². The van der Waals surface area contributed by atoms with Gasteiger partial charge in [0.15, 0.2) is 0 Å². The van der Waals surface area contributed by atoms with E-state index < -0.39 is 0 Å². The van der Waals surface area contributed by atoms with Crippen LogP contribution >= 0.6 is 0 Å². The standard InChI is InChI=1S/C21H32N2O2/c1-2-19(20-8-4-3-5-9-20)15-21(24)23-10-6-7-18(17-23)16-22-11-13-25-14-12-22/h3-5,8-9,18-19H,2,6-7,10-17H2,1H3. The summed E-state index contributed by atoms with van der Waals surface area (Å²) >= 11 is 0. The molecule has 0 bridgehead atoms. The van der Waals surface area contributed by atoms with E-state index in [4.69, 9.17) is 4.74 Å². The van der Waals surface area contributed by atoms with Crippen molar-refractivity contribution < 1.29 is 9.53 Å². The Morgan fingerprint density at radius 3 is 2.68 bits per heavy atom. The van der Waals surface area contributed by atoms with Crippen molar-refractivity contribution in [3.63, 3.8) is 0 Å². The number of carbonyl (C=O) groups excluding carboxylic acids is 1. The summed E-state index contributed by atoms with van der Waals surface area (Å²) in [7, 11) is 0. The minimum Gasteiger partial charge on any atom is -0.379 e. The van der Waals surface area contributed by atoms with Gasteiger partial charge in [-0.3, -0.25) is 9.69 Å². The molecule has 2 unspecified atom stereocenters. The first-order valence-corrected chi connectivity index (χ1v) is 9.89. The van der Waals surface area contributed by atoms with Crippen molar-refractivity contribution in [2.75, 3.05) is 45.9 Å². The van der Waals surface area contributed by atoms with Crippen molar-refractivity contribution in [3.05, 3.63) is 35.9 Å². The van der Waals surface area contributed by atoms with Crippen molar-refractivity contribution in [1.82, 2.24) is 9.80 Å². The lowest BCUT2D eigenvalue weighted by molar-refractivity contribution is -0.133. The maximum atomic E-state index is 12.9. The second kappa shape index (κ2) is 9.35. The van der Waals surface area contributed by atoms with Crippen LogP contribution in [-0.4, -0.2) is 61.6 Å². The number of piperidine rings is 1. The van der Waals surface area contributed by atoms with Gasteiger partial charge in [0.2, 0.25) is 5.91 Å². The Kier molecular flexibility index (Phi) is 6.88. The number of benzene rings is 1. The molecule has 1 amide bonds. The Bertz CT molecular complexity index is 528. The minimum absolute atomic E-state index is 0.336. The molecule has 0 aliphatic carbocycles. The summed E-state index contributed by atoms with van der Waals surface area (Å²) < 4.78 is 5.44. The van der Waals surface area contributed by atoms with E-state index in [2.05, 4.69) is 41.0 Å². The van der Waals surface area contributed by atoms with Crippen LogP contribution < -0.4 is 0 Å². The van der Waals surface area contributed by atoms with E-state index in [1.54, 1.807) is 0 Å². The predicted octanol–water partition coefficient (Wildman–Crippen LogP) is 3.14. The van der Waals surface area contributed by atoms with Gasteiger partial charge in [0.25, 0.3) is 0 Å². The molecule has 4 heteroatoms. The third-order valence-corrected chi connectivity index (χ3v) is 5.68. The van der Waals surface area contributed by atoms with Crippen LogP contribution in [0.1, 0.15) is 44.1 Å². The Morgan fingerprint density at radius 2 is 1.96 bits per heavy atom. The molecule has 0 radical (unpaired) electrons. The van der Waals surface area contributed by atoms with E-state index >= 15 is 0 Å². The first kappa shape index (κ1) is 18.4. The van der Waals surface area contributed by atoms with Gasteiger partial charge in [0.1, 0.15) is 0 Å².